The lowest BCUT2D eigenvalue weighted by molar-refractivity contribution is -0.138. The molecule has 2 aromatic carbocycles. The summed E-state index contributed by atoms with van der Waals surface area (Å²) in [6.07, 6.45) is 4.80. The molecule has 0 aromatic heterocycles. The Morgan fingerprint density at radius 1 is 0.867 bits per heavy atom. The lowest BCUT2D eigenvalue weighted by Crippen LogP contribution is -2.48. The maximum atomic E-state index is 13.1. The first kappa shape index (κ1) is 20.6. The van der Waals surface area contributed by atoms with Crippen LogP contribution in [-0.2, 0) is 11.2 Å². The molecule has 0 radical (unpaired) electrons. The maximum absolute atomic E-state index is 13.1. The number of piperidine rings is 2. The Bertz CT molecular complexity index is 860. The topological polar surface area (TPSA) is 40.6 Å². The highest BCUT2D eigenvalue weighted by Crippen LogP contribution is 2.26. The molecule has 2 aliphatic heterocycles. The van der Waals surface area contributed by atoms with E-state index in [1.54, 1.807) is 4.90 Å². The molecule has 0 N–H and O–H groups in total. The van der Waals surface area contributed by atoms with Crippen LogP contribution in [0.1, 0.15) is 41.6 Å². The van der Waals surface area contributed by atoms with E-state index in [4.69, 9.17) is 0 Å². The molecule has 4 nitrogen and oxygen atoms in total. The Morgan fingerprint density at radius 2 is 1.57 bits per heavy atom. The molecule has 0 spiro atoms. The summed E-state index contributed by atoms with van der Waals surface area (Å²) in [6, 6.07) is 16.2. The smallest absolute Gasteiger partial charge is 0.253 e. The zero-order chi connectivity index (χ0) is 20.9. The van der Waals surface area contributed by atoms with E-state index < -0.39 is 0 Å². The molecule has 4 rings (SSSR count). The molecule has 0 unspecified atom stereocenters. The first-order chi connectivity index (χ1) is 14.6. The summed E-state index contributed by atoms with van der Waals surface area (Å²) in [7, 11) is 0. The molecule has 2 amide bonds. The van der Waals surface area contributed by atoms with Crippen molar-refractivity contribution in [2.75, 3.05) is 26.2 Å². The standard InChI is InChI=1S/C25H29FN2O2/c26-23-10-8-21(9-11-23)24(29)28-14-4-7-22(18-28)25(30)27-15-12-20(13-16-27)17-19-5-2-1-3-6-19/h1-3,5-6,8-11,20,22H,4,7,12-18H2/t22-/m1/s1. The van der Waals surface area contributed by atoms with Gasteiger partial charge in [0.1, 0.15) is 5.82 Å². The van der Waals surface area contributed by atoms with Crippen LogP contribution in [0.4, 0.5) is 4.39 Å². The Balaban J connectivity index is 1.30. The van der Waals surface area contributed by atoms with Crippen LogP contribution < -0.4 is 0 Å². The molecule has 1 atom stereocenters. The van der Waals surface area contributed by atoms with Gasteiger partial charge in [0.25, 0.3) is 5.91 Å². The largest absolute Gasteiger partial charge is 0.342 e. The molecule has 2 heterocycles. The molecular formula is C25H29FN2O2. The molecule has 5 heteroatoms. The van der Waals surface area contributed by atoms with Crippen molar-refractivity contribution in [1.29, 1.82) is 0 Å². The van der Waals surface area contributed by atoms with E-state index >= 15 is 0 Å². The molecular weight excluding hydrogens is 379 g/mol. The van der Waals surface area contributed by atoms with Crippen molar-refractivity contribution in [3.05, 3.63) is 71.5 Å². The lowest BCUT2D eigenvalue weighted by atomic mass is 9.89. The summed E-state index contributed by atoms with van der Waals surface area (Å²) in [6.45, 7) is 2.72. The quantitative estimate of drug-likeness (QED) is 0.762. The maximum Gasteiger partial charge on any atom is 0.253 e. The van der Waals surface area contributed by atoms with Crippen molar-refractivity contribution in [1.82, 2.24) is 9.80 Å². The van der Waals surface area contributed by atoms with Crippen molar-refractivity contribution < 1.29 is 14.0 Å². The van der Waals surface area contributed by atoms with E-state index in [2.05, 4.69) is 24.3 Å². The van der Waals surface area contributed by atoms with E-state index in [0.717, 1.165) is 45.2 Å². The van der Waals surface area contributed by atoms with Gasteiger partial charge in [0, 0.05) is 31.7 Å². The number of halogens is 1. The van der Waals surface area contributed by atoms with Crippen molar-refractivity contribution in [2.45, 2.75) is 32.1 Å². The third-order valence-corrected chi connectivity index (χ3v) is 6.44. The third kappa shape index (κ3) is 4.89. The minimum atomic E-state index is -0.353. The summed E-state index contributed by atoms with van der Waals surface area (Å²) in [4.78, 5) is 29.6. The monoisotopic (exact) mass is 408 g/mol. The molecule has 2 fully saturated rings. The van der Waals surface area contributed by atoms with Gasteiger partial charge in [0.05, 0.1) is 5.92 Å². The first-order valence-electron chi connectivity index (χ1n) is 11.0. The average molecular weight is 409 g/mol. The van der Waals surface area contributed by atoms with Crippen molar-refractivity contribution in [2.24, 2.45) is 11.8 Å². The minimum Gasteiger partial charge on any atom is -0.342 e. The van der Waals surface area contributed by atoms with E-state index in [1.807, 2.05) is 11.0 Å². The second kappa shape index (κ2) is 9.41. The van der Waals surface area contributed by atoms with Crippen LogP contribution in [0.3, 0.4) is 0 Å². The number of carbonyl (C=O) groups is 2. The fourth-order valence-corrected chi connectivity index (χ4v) is 4.70. The molecule has 2 saturated heterocycles. The zero-order valence-corrected chi connectivity index (χ0v) is 17.3. The van der Waals surface area contributed by atoms with Crippen LogP contribution in [0.15, 0.2) is 54.6 Å². The number of carbonyl (C=O) groups excluding carboxylic acids is 2. The van der Waals surface area contributed by atoms with Gasteiger partial charge in [-0.2, -0.15) is 0 Å². The first-order valence-corrected chi connectivity index (χ1v) is 11.0. The highest BCUT2D eigenvalue weighted by molar-refractivity contribution is 5.94. The molecule has 0 saturated carbocycles. The van der Waals surface area contributed by atoms with Gasteiger partial charge in [-0.3, -0.25) is 9.59 Å². The molecule has 0 aliphatic carbocycles. The second-order valence-corrected chi connectivity index (χ2v) is 8.56. The van der Waals surface area contributed by atoms with Crippen LogP contribution in [0, 0.1) is 17.7 Å². The van der Waals surface area contributed by atoms with Crippen molar-refractivity contribution in [3.8, 4) is 0 Å². The van der Waals surface area contributed by atoms with Gasteiger partial charge in [-0.25, -0.2) is 4.39 Å². The number of likely N-dealkylation sites (tertiary alicyclic amines) is 2. The van der Waals surface area contributed by atoms with Crippen LogP contribution in [0.5, 0.6) is 0 Å². The Hall–Kier alpha value is -2.69. The van der Waals surface area contributed by atoms with Gasteiger partial charge < -0.3 is 9.80 Å². The van der Waals surface area contributed by atoms with Crippen LogP contribution in [-0.4, -0.2) is 47.8 Å². The van der Waals surface area contributed by atoms with E-state index in [9.17, 15) is 14.0 Å². The van der Waals surface area contributed by atoms with Crippen molar-refractivity contribution in [3.63, 3.8) is 0 Å². The number of hydrogen-bond acceptors (Lipinski definition) is 2. The number of amides is 2. The normalized spacial score (nSPS) is 20.2. The van der Waals surface area contributed by atoms with Gasteiger partial charge in [-0.05, 0) is 67.9 Å². The Morgan fingerprint density at radius 3 is 2.27 bits per heavy atom. The van der Waals surface area contributed by atoms with Gasteiger partial charge in [-0.1, -0.05) is 30.3 Å². The molecule has 0 bridgehead atoms. The zero-order valence-electron chi connectivity index (χ0n) is 17.3. The third-order valence-electron chi connectivity index (χ3n) is 6.44. The predicted octanol–water partition coefficient (Wildman–Crippen LogP) is 4.16. The lowest BCUT2D eigenvalue weighted by Gasteiger charge is -2.38. The molecule has 30 heavy (non-hydrogen) atoms. The van der Waals surface area contributed by atoms with E-state index in [1.165, 1.54) is 29.8 Å². The second-order valence-electron chi connectivity index (χ2n) is 8.56. The van der Waals surface area contributed by atoms with Crippen molar-refractivity contribution >= 4 is 11.8 Å². The number of hydrogen-bond donors (Lipinski definition) is 0. The summed E-state index contributed by atoms with van der Waals surface area (Å²) >= 11 is 0. The summed E-state index contributed by atoms with van der Waals surface area (Å²) in [5.74, 6) is 0.209. The predicted molar refractivity (Wildman–Crippen MR) is 114 cm³/mol. The fraction of sp³-hybridized carbons (Fsp3) is 0.440. The molecule has 2 aromatic rings. The highest BCUT2D eigenvalue weighted by atomic mass is 19.1. The Kier molecular flexibility index (Phi) is 6.46. The number of rotatable bonds is 4. The van der Waals surface area contributed by atoms with Gasteiger partial charge in [0.15, 0.2) is 0 Å². The minimum absolute atomic E-state index is 0.117. The number of benzene rings is 2. The van der Waals surface area contributed by atoms with Gasteiger partial charge >= 0.3 is 0 Å². The van der Waals surface area contributed by atoms with Gasteiger partial charge in [0.2, 0.25) is 5.91 Å². The molecule has 158 valence electrons. The van der Waals surface area contributed by atoms with Gasteiger partial charge in [-0.15, -0.1) is 0 Å². The summed E-state index contributed by atoms with van der Waals surface area (Å²) in [5.41, 5.74) is 1.84. The highest BCUT2D eigenvalue weighted by Gasteiger charge is 2.33. The summed E-state index contributed by atoms with van der Waals surface area (Å²) in [5, 5.41) is 0. The van der Waals surface area contributed by atoms with E-state index in [0.29, 0.717) is 24.6 Å². The van der Waals surface area contributed by atoms with Crippen LogP contribution in [0.25, 0.3) is 0 Å². The SMILES string of the molecule is O=C(c1ccc(F)cc1)N1CCC[C@@H](C(=O)N2CCC(Cc3ccccc3)CC2)C1. The van der Waals surface area contributed by atoms with Crippen LogP contribution in [0.2, 0.25) is 0 Å². The van der Waals surface area contributed by atoms with Crippen LogP contribution >= 0.6 is 0 Å². The molecule has 2 aliphatic rings. The number of nitrogens with zero attached hydrogens (tertiary/aromatic N) is 2. The van der Waals surface area contributed by atoms with E-state index in [-0.39, 0.29) is 23.5 Å². The Labute approximate surface area is 177 Å². The summed E-state index contributed by atoms with van der Waals surface area (Å²) < 4.78 is 13.1. The fourth-order valence-electron chi connectivity index (χ4n) is 4.70. The average Bonchev–Trinajstić information content (AvgIpc) is 2.80.